The van der Waals surface area contributed by atoms with E-state index >= 15 is 0 Å². The summed E-state index contributed by atoms with van der Waals surface area (Å²) >= 11 is 1.78. The molecule has 2 rings (SSSR count). The van der Waals surface area contributed by atoms with Gasteiger partial charge in [0.05, 0.1) is 13.2 Å². The van der Waals surface area contributed by atoms with Crippen LogP contribution >= 0.6 is 35.7 Å². The van der Waals surface area contributed by atoms with Gasteiger partial charge in [-0.05, 0) is 56.1 Å². The summed E-state index contributed by atoms with van der Waals surface area (Å²) in [5, 5.41) is 6.63. The van der Waals surface area contributed by atoms with E-state index in [1.54, 1.807) is 11.8 Å². The van der Waals surface area contributed by atoms with Crippen LogP contribution in [0.4, 0.5) is 0 Å². The summed E-state index contributed by atoms with van der Waals surface area (Å²) in [6.45, 7) is 8.20. The number of benzene rings is 1. The first-order chi connectivity index (χ1) is 11.2. The van der Waals surface area contributed by atoms with Crippen molar-refractivity contribution in [3.63, 3.8) is 0 Å². The second-order valence-electron chi connectivity index (χ2n) is 5.96. The quantitative estimate of drug-likeness (QED) is 0.192. The van der Waals surface area contributed by atoms with Gasteiger partial charge in [0.2, 0.25) is 0 Å². The number of guanidine groups is 1. The van der Waals surface area contributed by atoms with Crippen molar-refractivity contribution in [1.29, 1.82) is 0 Å². The Labute approximate surface area is 167 Å². The highest BCUT2D eigenvalue weighted by atomic mass is 127. The summed E-state index contributed by atoms with van der Waals surface area (Å²) in [4.78, 5) is 6.00. The molecule has 2 N–H and O–H groups in total. The van der Waals surface area contributed by atoms with Gasteiger partial charge in [-0.2, -0.15) is 0 Å². The Morgan fingerprint density at radius 2 is 2.12 bits per heavy atom. The van der Waals surface area contributed by atoms with E-state index in [0.717, 1.165) is 38.2 Å². The molecular formula is C18H30IN3OS. The highest BCUT2D eigenvalue weighted by Gasteiger charge is 2.20. The van der Waals surface area contributed by atoms with Crippen molar-refractivity contribution in [1.82, 2.24) is 10.6 Å². The number of nitrogens with zero attached hydrogens (tertiary/aromatic N) is 1. The minimum absolute atomic E-state index is 0. The van der Waals surface area contributed by atoms with Crippen molar-refractivity contribution in [2.45, 2.75) is 38.1 Å². The van der Waals surface area contributed by atoms with E-state index in [9.17, 15) is 0 Å². The maximum Gasteiger partial charge on any atom is 0.191 e. The highest BCUT2D eigenvalue weighted by Crippen LogP contribution is 2.28. The Hall–Kier alpha value is -0.470. The first-order valence-electron chi connectivity index (χ1n) is 8.46. The summed E-state index contributed by atoms with van der Waals surface area (Å²) in [7, 11) is 0. The number of halogens is 1. The molecule has 1 aromatic rings. The molecule has 1 saturated carbocycles. The summed E-state index contributed by atoms with van der Waals surface area (Å²) in [6, 6.07) is 6.55. The van der Waals surface area contributed by atoms with Gasteiger partial charge >= 0.3 is 0 Å². The lowest BCUT2D eigenvalue weighted by atomic mass is 10.1. The molecule has 0 aromatic heterocycles. The van der Waals surface area contributed by atoms with Gasteiger partial charge in [0.15, 0.2) is 5.96 Å². The maximum absolute atomic E-state index is 5.65. The number of hydrogen-bond acceptors (Lipinski definition) is 3. The molecule has 24 heavy (non-hydrogen) atoms. The average Bonchev–Trinajstić information content (AvgIpc) is 3.37. The maximum atomic E-state index is 5.65. The van der Waals surface area contributed by atoms with E-state index in [2.05, 4.69) is 48.9 Å². The first-order valence-corrected chi connectivity index (χ1v) is 9.68. The topological polar surface area (TPSA) is 45.7 Å². The lowest BCUT2D eigenvalue weighted by Crippen LogP contribution is -2.39. The SMILES string of the molecule is CCNC(=NCc1ccc(C)cc1SC)NCCOCC1CC1.I. The zero-order valence-electron chi connectivity index (χ0n) is 14.9. The fraction of sp³-hybridized carbons (Fsp3) is 0.611. The van der Waals surface area contributed by atoms with Gasteiger partial charge < -0.3 is 15.4 Å². The number of thioether (sulfide) groups is 1. The van der Waals surface area contributed by atoms with Crippen molar-refractivity contribution in [2.75, 3.05) is 32.6 Å². The van der Waals surface area contributed by atoms with Crippen LogP contribution in [0.3, 0.4) is 0 Å². The molecule has 0 atom stereocenters. The third-order valence-electron chi connectivity index (χ3n) is 3.78. The van der Waals surface area contributed by atoms with Crippen LogP contribution in [0.15, 0.2) is 28.1 Å². The van der Waals surface area contributed by atoms with E-state index in [4.69, 9.17) is 9.73 Å². The molecular weight excluding hydrogens is 433 g/mol. The molecule has 1 aliphatic carbocycles. The lowest BCUT2D eigenvalue weighted by Gasteiger charge is -2.12. The molecule has 0 saturated heterocycles. The summed E-state index contributed by atoms with van der Waals surface area (Å²) in [5.74, 6) is 1.68. The van der Waals surface area contributed by atoms with Gasteiger partial charge in [0, 0.05) is 24.6 Å². The largest absolute Gasteiger partial charge is 0.379 e. The summed E-state index contributed by atoms with van der Waals surface area (Å²) < 4.78 is 5.65. The minimum Gasteiger partial charge on any atom is -0.379 e. The van der Waals surface area contributed by atoms with Crippen LogP contribution in [0.25, 0.3) is 0 Å². The lowest BCUT2D eigenvalue weighted by molar-refractivity contribution is 0.129. The van der Waals surface area contributed by atoms with Crippen LogP contribution in [0, 0.1) is 12.8 Å². The number of aliphatic imine (C=N–C) groups is 1. The molecule has 0 unspecified atom stereocenters. The van der Waals surface area contributed by atoms with Gasteiger partial charge in [0.1, 0.15) is 0 Å². The Bertz CT molecular complexity index is 521. The predicted octanol–water partition coefficient (Wildman–Crippen LogP) is 3.82. The number of hydrogen-bond donors (Lipinski definition) is 2. The Morgan fingerprint density at radius 1 is 1.33 bits per heavy atom. The molecule has 1 fully saturated rings. The van der Waals surface area contributed by atoms with E-state index < -0.39 is 0 Å². The fourth-order valence-corrected chi connectivity index (χ4v) is 2.96. The molecule has 0 spiro atoms. The van der Waals surface area contributed by atoms with Gasteiger partial charge in [-0.1, -0.05) is 12.1 Å². The van der Waals surface area contributed by atoms with Crippen LogP contribution < -0.4 is 10.6 Å². The first kappa shape index (κ1) is 21.6. The zero-order chi connectivity index (χ0) is 16.5. The average molecular weight is 463 g/mol. The van der Waals surface area contributed by atoms with Crippen LogP contribution in [-0.4, -0.2) is 38.5 Å². The Kier molecular flexibility index (Phi) is 10.8. The number of ether oxygens (including phenoxy) is 1. The smallest absolute Gasteiger partial charge is 0.191 e. The van der Waals surface area contributed by atoms with Crippen LogP contribution in [-0.2, 0) is 11.3 Å². The molecule has 4 nitrogen and oxygen atoms in total. The minimum atomic E-state index is 0. The van der Waals surface area contributed by atoms with E-state index in [1.165, 1.54) is 28.9 Å². The van der Waals surface area contributed by atoms with Crippen molar-refractivity contribution in [3.05, 3.63) is 29.3 Å². The predicted molar refractivity (Wildman–Crippen MR) is 115 cm³/mol. The third kappa shape index (κ3) is 8.07. The molecule has 0 amide bonds. The number of rotatable bonds is 9. The molecule has 0 aliphatic heterocycles. The highest BCUT2D eigenvalue weighted by molar-refractivity contribution is 14.0. The van der Waals surface area contributed by atoms with Crippen LogP contribution in [0.5, 0.6) is 0 Å². The Balaban J connectivity index is 0.00000288. The van der Waals surface area contributed by atoms with Crippen molar-refractivity contribution < 1.29 is 4.74 Å². The standard InChI is InChI=1S/C18H29N3OS.HI/c1-4-19-18(20-9-10-22-13-15-6-7-15)21-12-16-8-5-14(2)11-17(16)23-3;/h5,8,11,15H,4,6-7,9-10,12-13H2,1-3H3,(H2,19,20,21);1H. The molecule has 6 heteroatoms. The second kappa shape index (κ2) is 12.0. The van der Waals surface area contributed by atoms with Crippen molar-refractivity contribution in [2.24, 2.45) is 10.9 Å². The van der Waals surface area contributed by atoms with Crippen molar-refractivity contribution in [3.8, 4) is 0 Å². The van der Waals surface area contributed by atoms with Gasteiger partial charge in [-0.3, -0.25) is 0 Å². The summed E-state index contributed by atoms with van der Waals surface area (Å²) in [6.07, 6.45) is 4.79. The van der Waals surface area contributed by atoms with E-state index in [-0.39, 0.29) is 24.0 Å². The van der Waals surface area contributed by atoms with Gasteiger partial charge in [-0.25, -0.2) is 4.99 Å². The molecule has 0 bridgehead atoms. The molecule has 1 aliphatic rings. The second-order valence-corrected chi connectivity index (χ2v) is 6.80. The Morgan fingerprint density at radius 3 is 2.79 bits per heavy atom. The number of nitrogens with one attached hydrogen (secondary N) is 2. The molecule has 136 valence electrons. The van der Waals surface area contributed by atoms with Crippen LogP contribution in [0.1, 0.15) is 30.9 Å². The third-order valence-corrected chi connectivity index (χ3v) is 4.60. The molecule has 0 radical (unpaired) electrons. The van der Waals surface area contributed by atoms with Gasteiger partial charge in [-0.15, -0.1) is 35.7 Å². The molecule has 0 heterocycles. The molecule has 1 aromatic carbocycles. The van der Waals surface area contributed by atoms with Crippen molar-refractivity contribution >= 4 is 41.7 Å². The van der Waals surface area contributed by atoms with E-state index in [0.29, 0.717) is 6.54 Å². The van der Waals surface area contributed by atoms with Crippen LogP contribution in [0.2, 0.25) is 0 Å². The summed E-state index contributed by atoms with van der Waals surface area (Å²) in [5.41, 5.74) is 2.56. The van der Waals surface area contributed by atoms with Gasteiger partial charge in [0.25, 0.3) is 0 Å². The monoisotopic (exact) mass is 463 g/mol. The van der Waals surface area contributed by atoms with E-state index in [1.807, 2.05) is 0 Å². The number of aryl methyl sites for hydroxylation is 1. The zero-order valence-corrected chi connectivity index (χ0v) is 18.1. The fourth-order valence-electron chi connectivity index (χ4n) is 2.26. The normalized spacial score (nSPS) is 14.2.